The lowest BCUT2D eigenvalue weighted by molar-refractivity contribution is -0.150. The number of nitrogens with one attached hydrogen (secondary N) is 2. The Morgan fingerprint density at radius 2 is 1.84 bits per heavy atom. The number of ether oxygens (including phenoxy) is 2. The highest BCUT2D eigenvalue weighted by atomic mass is 16.5. The van der Waals surface area contributed by atoms with Crippen LogP contribution >= 0.6 is 0 Å². The Morgan fingerprint density at radius 1 is 1.14 bits per heavy atom. The normalized spacial score (nSPS) is 30.3. The molecule has 3 fully saturated rings. The fraction of sp³-hybridized carbons (Fsp3) is 0.643. The standard InChI is InChI=1S/C28H37N3O6/c1-4-11-30-26(33)23-16-5-6-17(12-16)24(23)31-25(32)20-14-21(18(15-29)13-22(20)36-3)37-19-7-9-28(2,10-8-19)27(34)35/h13-14,16-17,19,23-24H,4-12H2,1-3H3,(H,30,33)(H,31,32)(H,34,35)/t16-,17+,19?,23+,24-,28?/m1/s1. The third-order valence-electron chi connectivity index (χ3n) is 8.58. The van der Waals surface area contributed by atoms with Crippen LogP contribution in [0.5, 0.6) is 11.5 Å². The molecule has 3 aliphatic carbocycles. The molecule has 0 radical (unpaired) electrons. The van der Waals surface area contributed by atoms with Crippen molar-refractivity contribution >= 4 is 17.8 Å². The largest absolute Gasteiger partial charge is 0.496 e. The molecular weight excluding hydrogens is 474 g/mol. The van der Waals surface area contributed by atoms with Crippen molar-refractivity contribution < 1.29 is 29.0 Å². The summed E-state index contributed by atoms with van der Waals surface area (Å²) in [6, 6.07) is 4.90. The topological polar surface area (TPSA) is 138 Å². The molecule has 37 heavy (non-hydrogen) atoms. The summed E-state index contributed by atoms with van der Waals surface area (Å²) in [6.45, 7) is 4.37. The third kappa shape index (κ3) is 5.39. The van der Waals surface area contributed by atoms with Gasteiger partial charge in [0, 0.05) is 18.7 Å². The number of carbonyl (C=O) groups is 3. The highest BCUT2D eigenvalue weighted by Crippen LogP contribution is 2.49. The van der Waals surface area contributed by atoms with Gasteiger partial charge in [-0.1, -0.05) is 6.92 Å². The van der Waals surface area contributed by atoms with Crippen molar-refractivity contribution in [2.45, 2.75) is 77.4 Å². The van der Waals surface area contributed by atoms with Crippen molar-refractivity contribution in [3.05, 3.63) is 23.3 Å². The fourth-order valence-electron chi connectivity index (χ4n) is 6.30. The predicted molar refractivity (Wildman–Crippen MR) is 135 cm³/mol. The maximum Gasteiger partial charge on any atom is 0.309 e. The van der Waals surface area contributed by atoms with E-state index in [1.807, 2.05) is 6.92 Å². The van der Waals surface area contributed by atoms with E-state index in [2.05, 4.69) is 16.7 Å². The smallest absolute Gasteiger partial charge is 0.309 e. The molecule has 0 aliphatic heterocycles. The molecule has 1 aromatic rings. The quantitative estimate of drug-likeness (QED) is 0.460. The Morgan fingerprint density at radius 3 is 2.46 bits per heavy atom. The summed E-state index contributed by atoms with van der Waals surface area (Å²) in [6.07, 6.45) is 5.57. The van der Waals surface area contributed by atoms with Crippen molar-refractivity contribution in [1.82, 2.24) is 10.6 Å². The number of hydrogen-bond acceptors (Lipinski definition) is 6. The van der Waals surface area contributed by atoms with Gasteiger partial charge < -0.3 is 25.2 Å². The van der Waals surface area contributed by atoms with Crippen molar-refractivity contribution in [3.63, 3.8) is 0 Å². The van der Waals surface area contributed by atoms with E-state index in [1.54, 1.807) is 6.92 Å². The molecular formula is C28H37N3O6. The Balaban J connectivity index is 1.53. The van der Waals surface area contributed by atoms with E-state index in [4.69, 9.17) is 9.47 Å². The zero-order chi connectivity index (χ0) is 26.7. The molecule has 2 bridgehead atoms. The third-order valence-corrected chi connectivity index (χ3v) is 8.58. The second-order valence-electron chi connectivity index (χ2n) is 11.0. The van der Waals surface area contributed by atoms with Crippen molar-refractivity contribution in [3.8, 4) is 17.6 Å². The number of aliphatic carboxylic acids is 1. The fourth-order valence-corrected chi connectivity index (χ4v) is 6.30. The van der Waals surface area contributed by atoms with Crippen LogP contribution in [0.2, 0.25) is 0 Å². The number of amides is 2. The van der Waals surface area contributed by atoms with E-state index in [-0.39, 0.29) is 64.3 Å². The van der Waals surface area contributed by atoms with Crippen LogP contribution in [-0.2, 0) is 9.59 Å². The van der Waals surface area contributed by atoms with Crippen LogP contribution in [0, 0.1) is 34.5 Å². The zero-order valence-corrected chi connectivity index (χ0v) is 21.8. The van der Waals surface area contributed by atoms with E-state index in [0.29, 0.717) is 32.2 Å². The maximum atomic E-state index is 13.5. The first-order chi connectivity index (χ1) is 17.7. The number of fused-ring (bicyclic) bond motifs is 2. The number of methoxy groups -OCH3 is 1. The molecule has 0 unspecified atom stereocenters. The Bertz CT molecular complexity index is 1090. The van der Waals surface area contributed by atoms with Gasteiger partial charge in [0.1, 0.15) is 17.6 Å². The van der Waals surface area contributed by atoms with Crippen LogP contribution in [-0.4, -0.2) is 48.7 Å². The number of carboxylic acids is 1. The lowest BCUT2D eigenvalue weighted by atomic mass is 9.75. The molecule has 9 heteroatoms. The summed E-state index contributed by atoms with van der Waals surface area (Å²) < 4.78 is 11.6. The summed E-state index contributed by atoms with van der Waals surface area (Å²) in [5, 5.41) is 25.3. The maximum absolute atomic E-state index is 13.5. The molecule has 0 heterocycles. The van der Waals surface area contributed by atoms with E-state index >= 15 is 0 Å². The van der Waals surface area contributed by atoms with Crippen molar-refractivity contribution in [1.29, 1.82) is 5.26 Å². The molecule has 4 rings (SSSR count). The van der Waals surface area contributed by atoms with Gasteiger partial charge in [-0.15, -0.1) is 0 Å². The van der Waals surface area contributed by atoms with Gasteiger partial charge in [-0.2, -0.15) is 5.26 Å². The number of carboxylic acid groups (broad SMARTS) is 1. The van der Waals surface area contributed by atoms with Crippen LogP contribution in [0.3, 0.4) is 0 Å². The minimum Gasteiger partial charge on any atom is -0.496 e. The summed E-state index contributed by atoms with van der Waals surface area (Å²) in [4.78, 5) is 38.0. The molecule has 1 aromatic carbocycles. The van der Waals surface area contributed by atoms with E-state index in [0.717, 1.165) is 25.7 Å². The van der Waals surface area contributed by atoms with E-state index in [1.165, 1.54) is 19.2 Å². The van der Waals surface area contributed by atoms with Gasteiger partial charge in [0.25, 0.3) is 5.91 Å². The van der Waals surface area contributed by atoms with E-state index in [9.17, 15) is 24.8 Å². The van der Waals surface area contributed by atoms with Crippen LogP contribution in [0.4, 0.5) is 0 Å². The average molecular weight is 512 g/mol. The molecule has 3 saturated carbocycles. The van der Waals surface area contributed by atoms with Gasteiger partial charge >= 0.3 is 5.97 Å². The molecule has 4 atom stereocenters. The average Bonchev–Trinajstić information content (AvgIpc) is 3.50. The number of benzene rings is 1. The first-order valence-corrected chi connectivity index (χ1v) is 13.3. The molecule has 0 saturated heterocycles. The number of nitrogens with zero attached hydrogens (tertiary/aromatic N) is 1. The van der Waals surface area contributed by atoms with Gasteiger partial charge in [-0.25, -0.2) is 0 Å². The van der Waals surface area contributed by atoms with Crippen molar-refractivity contribution in [2.24, 2.45) is 23.2 Å². The molecule has 3 aliphatic rings. The number of hydrogen-bond donors (Lipinski definition) is 3. The Labute approximate surface area is 217 Å². The summed E-state index contributed by atoms with van der Waals surface area (Å²) in [5.74, 6) is -0.343. The molecule has 9 nitrogen and oxygen atoms in total. The molecule has 200 valence electrons. The zero-order valence-electron chi connectivity index (χ0n) is 21.8. The van der Waals surface area contributed by atoms with Crippen LogP contribution < -0.4 is 20.1 Å². The van der Waals surface area contributed by atoms with Gasteiger partial charge in [0.15, 0.2) is 0 Å². The number of rotatable bonds is 9. The van der Waals surface area contributed by atoms with Crippen LogP contribution in [0.25, 0.3) is 0 Å². The second-order valence-corrected chi connectivity index (χ2v) is 11.0. The van der Waals surface area contributed by atoms with Crippen LogP contribution in [0.15, 0.2) is 12.1 Å². The van der Waals surface area contributed by atoms with Gasteiger partial charge in [0.05, 0.1) is 35.7 Å². The van der Waals surface area contributed by atoms with Crippen molar-refractivity contribution in [2.75, 3.05) is 13.7 Å². The Hall–Kier alpha value is -3.28. The molecule has 0 spiro atoms. The monoisotopic (exact) mass is 511 g/mol. The summed E-state index contributed by atoms with van der Waals surface area (Å²) in [7, 11) is 1.44. The first kappa shape index (κ1) is 26.8. The van der Waals surface area contributed by atoms with Crippen LogP contribution in [0.1, 0.15) is 81.1 Å². The van der Waals surface area contributed by atoms with Gasteiger partial charge in [-0.3, -0.25) is 14.4 Å². The summed E-state index contributed by atoms with van der Waals surface area (Å²) >= 11 is 0. The highest BCUT2D eigenvalue weighted by Gasteiger charge is 2.51. The van der Waals surface area contributed by atoms with E-state index < -0.39 is 11.4 Å². The molecule has 0 aromatic heterocycles. The lowest BCUT2D eigenvalue weighted by Gasteiger charge is -2.34. The molecule has 2 amide bonds. The second kappa shape index (κ2) is 11.0. The summed E-state index contributed by atoms with van der Waals surface area (Å²) in [5.41, 5.74) is -0.279. The number of nitriles is 1. The first-order valence-electron chi connectivity index (χ1n) is 13.3. The number of carbonyl (C=O) groups excluding carboxylic acids is 2. The lowest BCUT2D eigenvalue weighted by Crippen LogP contribution is -2.50. The highest BCUT2D eigenvalue weighted by molar-refractivity contribution is 5.98. The van der Waals surface area contributed by atoms with Gasteiger partial charge in [0.2, 0.25) is 5.91 Å². The SMILES string of the molecule is CCCNC(=O)[C@H]1[C@@H]2CC[C@@H](C2)[C@H]1NC(=O)c1cc(OC2CCC(C)(C(=O)O)CC2)c(C#N)cc1OC. The minimum absolute atomic E-state index is 0.000764. The minimum atomic E-state index is -0.811. The molecule has 3 N–H and O–H groups in total. The van der Waals surface area contributed by atoms with Gasteiger partial charge in [-0.05, 0) is 76.2 Å². The Kier molecular flexibility index (Phi) is 7.96. The predicted octanol–water partition coefficient (Wildman–Crippen LogP) is 3.65.